The van der Waals surface area contributed by atoms with Crippen LogP contribution in [0.15, 0.2) is 56.1 Å². The number of benzene rings is 2. The van der Waals surface area contributed by atoms with Gasteiger partial charge in [0.2, 0.25) is 5.91 Å². The second-order valence-corrected chi connectivity index (χ2v) is 7.52. The van der Waals surface area contributed by atoms with Crippen LogP contribution in [0.3, 0.4) is 0 Å². The van der Waals surface area contributed by atoms with Gasteiger partial charge in [0.15, 0.2) is 0 Å². The van der Waals surface area contributed by atoms with E-state index >= 15 is 0 Å². The molecule has 0 fully saturated rings. The van der Waals surface area contributed by atoms with Crippen molar-refractivity contribution in [2.24, 2.45) is 0 Å². The van der Waals surface area contributed by atoms with Crippen LogP contribution in [0.1, 0.15) is 36.1 Å². The molecule has 3 rings (SSSR count). The van der Waals surface area contributed by atoms with E-state index in [0.717, 1.165) is 21.0 Å². The molecule has 1 aromatic heterocycles. The first-order valence-corrected chi connectivity index (χ1v) is 9.84. The van der Waals surface area contributed by atoms with Gasteiger partial charge in [0, 0.05) is 27.9 Å². The van der Waals surface area contributed by atoms with Crippen molar-refractivity contribution < 1.29 is 13.9 Å². The van der Waals surface area contributed by atoms with E-state index < -0.39 is 5.63 Å². The smallest absolute Gasteiger partial charge is 0.339 e. The zero-order valence-corrected chi connectivity index (χ0v) is 17.6. The van der Waals surface area contributed by atoms with Crippen LogP contribution in [-0.2, 0) is 11.2 Å². The number of rotatable bonds is 6. The molecular formula is C22H22BrNO4. The van der Waals surface area contributed by atoms with Gasteiger partial charge in [-0.1, -0.05) is 34.1 Å². The zero-order chi connectivity index (χ0) is 20.3. The van der Waals surface area contributed by atoms with Crippen LogP contribution < -0.4 is 15.7 Å². The van der Waals surface area contributed by atoms with E-state index in [9.17, 15) is 9.59 Å². The van der Waals surface area contributed by atoms with Crippen molar-refractivity contribution in [3.05, 3.63) is 74.0 Å². The molecule has 0 aliphatic rings. The lowest BCUT2D eigenvalue weighted by atomic mass is 10.0. The first-order valence-electron chi connectivity index (χ1n) is 9.05. The Labute approximate surface area is 171 Å². The maximum absolute atomic E-state index is 12.4. The highest BCUT2D eigenvalue weighted by Crippen LogP contribution is 2.25. The molecule has 1 unspecified atom stereocenters. The third-order valence-corrected chi connectivity index (χ3v) is 5.57. The van der Waals surface area contributed by atoms with Gasteiger partial charge in [-0.3, -0.25) is 4.79 Å². The molecule has 0 saturated carbocycles. The van der Waals surface area contributed by atoms with Crippen molar-refractivity contribution in [2.45, 2.75) is 32.7 Å². The SMILES string of the molecule is COc1ccc2c(C)c(CCC(=O)NC(C)c3ccccc3Br)c(=O)oc2c1. The van der Waals surface area contributed by atoms with E-state index in [1.54, 1.807) is 13.2 Å². The maximum Gasteiger partial charge on any atom is 0.339 e. The summed E-state index contributed by atoms with van der Waals surface area (Å²) >= 11 is 3.50. The summed E-state index contributed by atoms with van der Waals surface area (Å²) in [5.41, 5.74) is 2.44. The van der Waals surface area contributed by atoms with E-state index in [4.69, 9.17) is 9.15 Å². The average Bonchev–Trinajstić information content (AvgIpc) is 2.67. The topological polar surface area (TPSA) is 68.5 Å². The van der Waals surface area contributed by atoms with Crippen LogP contribution in [0.4, 0.5) is 0 Å². The van der Waals surface area contributed by atoms with Crippen LogP contribution >= 0.6 is 15.9 Å². The summed E-state index contributed by atoms with van der Waals surface area (Å²) < 4.78 is 11.6. The minimum atomic E-state index is -0.412. The van der Waals surface area contributed by atoms with Crippen LogP contribution in [0.5, 0.6) is 5.75 Å². The fourth-order valence-corrected chi connectivity index (χ4v) is 3.87. The Morgan fingerprint density at radius 3 is 2.71 bits per heavy atom. The van der Waals surface area contributed by atoms with Gasteiger partial charge in [-0.2, -0.15) is 0 Å². The third kappa shape index (κ3) is 4.28. The van der Waals surface area contributed by atoms with Crippen LogP contribution in [0.2, 0.25) is 0 Å². The fourth-order valence-electron chi connectivity index (χ4n) is 3.25. The molecule has 0 spiro atoms. The van der Waals surface area contributed by atoms with E-state index in [0.29, 0.717) is 23.3 Å². The van der Waals surface area contributed by atoms with Gasteiger partial charge in [0.05, 0.1) is 13.2 Å². The highest BCUT2D eigenvalue weighted by molar-refractivity contribution is 9.10. The lowest BCUT2D eigenvalue weighted by molar-refractivity contribution is -0.121. The van der Waals surface area contributed by atoms with Crippen molar-refractivity contribution in [1.29, 1.82) is 0 Å². The first-order chi connectivity index (χ1) is 13.4. The number of ether oxygens (including phenoxy) is 1. The summed E-state index contributed by atoms with van der Waals surface area (Å²) in [4.78, 5) is 24.8. The normalized spacial score (nSPS) is 12.0. The number of nitrogens with one attached hydrogen (secondary N) is 1. The van der Waals surface area contributed by atoms with Crippen molar-refractivity contribution in [1.82, 2.24) is 5.32 Å². The molecule has 6 heteroatoms. The van der Waals surface area contributed by atoms with Crippen LogP contribution in [0.25, 0.3) is 11.0 Å². The third-order valence-electron chi connectivity index (χ3n) is 4.85. The van der Waals surface area contributed by atoms with Crippen molar-refractivity contribution in [3.63, 3.8) is 0 Å². The van der Waals surface area contributed by atoms with Crippen molar-refractivity contribution in [3.8, 4) is 5.75 Å². The number of carbonyl (C=O) groups excluding carboxylic acids is 1. The summed E-state index contributed by atoms with van der Waals surface area (Å²) in [5, 5.41) is 3.83. The summed E-state index contributed by atoms with van der Waals surface area (Å²) in [6.45, 7) is 3.81. The first kappa shape index (κ1) is 20.1. The van der Waals surface area contributed by atoms with E-state index in [1.165, 1.54) is 0 Å². The molecule has 0 radical (unpaired) electrons. The number of amides is 1. The van der Waals surface area contributed by atoms with Gasteiger partial charge in [-0.15, -0.1) is 0 Å². The molecule has 1 amide bonds. The standard InChI is InChI=1S/C22H22BrNO4/c1-13-16-9-8-15(27-3)12-20(16)28-22(26)17(13)10-11-21(25)24-14(2)18-6-4-5-7-19(18)23/h4-9,12,14H,10-11H2,1-3H3,(H,24,25). The highest BCUT2D eigenvalue weighted by Gasteiger charge is 2.16. The van der Waals surface area contributed by atoms with E-state index in [-0.39, 0.29) is 18.4 Å². The number of methoxy groups -OCH3 is 1. The Bertz CT molecular complexity index is 1070. The number of fused-ring (bicyclic) bond motifs is 1. The number of carbonyl (C=O) groups is 1. The molecule has 0 bridgehead atoms. The quantitative estimate of drug-likeness (QED) is 0.561. The Kier molecular flexibility index (Phi) is 6.19. The summed E-state index contributed by atoms with van der Waals surface area (Å²) in [6.07, 6.45) is 0.534. The van der Waals surface area contributed by atoms with Gasteiger partial charge in [0.25, 0.3) is 0 Å². The molecule has 0 aliphatic carbocycles. The summed E-state index contributed by atoms with van der Waals surface area (Å²) in [7, 11) is 1.56. The molecule has 1 heterocycles. The molecule has 5 nitrogen and oxygen atoms in total. The van der Waals surface area contributed by atoms with E-state index in [1.807, 2.05) is 50.2 Å². The van der Waals surface area contributed by atoms with Crippen LogP contribution in [-0.4, -0.2) is 13.0 Å². The Morgan fingerprint density at radius 2 is 2.00 bits per heavy atom. The predicted octanol–water partition coefficient (Wildman–Crippen LogP) is 4.68. The molecule has 0 saturated heterocycles. The average molecular weight is 444 g/mol. The molecule has 1 N–H and O–H groups in total. The lowest BCUT2D eigenvalue weighted by Gasteiger charge is -2.16. The van der Waals surface area contributed by atoms with Gasteiger partial charge in [0.1, 0.15) is 11.3 Å². The number of hydrogen-bond acceptors (Lipinski definition) is 4. The number of hydrogen-bond donors (Lipinski definition) is 1. The Hall–Kier alpha value is -2.60. The minimum absolute atomic E-state index is 0.114. The Morgan fingerprint density at radius 1 is 1.25 bits per heavy atom. The van der Waals surface area contributed by atoms with Gasteiger partial charge < -0.3 is 14.5 Å². The largest absolute Gasteiger partial charge is 0.497 e. The highest BCUT2D eigenvalue weighted by atomic mass is 79.9. The molecule has 1 atom stereocenters. The van der Waals surface area contributed by atoms with E-state index in [2.05, 4.69) is 21.2 Å². The van der Waals surface area contributed by atoms with Crippen molar-refractivity contribution in [2.75, 3.05) is 7.11 Å². The predicted molar refractivity (Wildman–Crippen MR) is 113 cm³/mol. The molecule has 146 valence electrons. The van der Waals surface area contributed by atoms with Crippen molar-refractivity contribution >= 4 is 32.8 Å². The van der Waals surface area contributed by atoms with Gasteiger partial charge in [-0.05, 0) is 49.6 Å². The second-order valence-electron chi connectivity index (χ2n) is 6.67. The van der Waals surface area contributed by atoms with Gasteiger partial charge in [-0.25, -0.2) is 4.79 Å². The van der Waals surface area contributed by atoms with Crippen LogP contribution in [0, 0.1) is 6.92 Å². The molecule has 28 heavy (non-hydrogen) atoms. The fraction of sp³-hybridized carbons (Fsp3) is 0.273. The minimum Gasteiger partial charge on any atom is -0.497 e. The Balaban J connectivity index is 1.73. The maximum atomic E-state index is 12.4. The lowest BCUT2D eigenvalue weighted by Crippen LogP contribution is -2.27. The molecule has 0 aliphatic heterocycles. The number of halogens is 1. The molecule has 3 aromatic rings. The molecular weight excluding hydrogens is 422 g/mol. The zero-order valence-electron chi connectivity index (χ0n) is 16.0. The monoisotopic (exact) mass is 443 g/mol. The van der Waals surface area contributed by atoms with Gasteiger partial charge >= 0.3 is 5.63 Å². The summed E-state index contributed by atoms with van der Waals surface area (Å²) in [6, 6.07) is 13.0. The molecule has 2 aromatic carbocycles. The second kappa shape index (κ2) is 8.61. The number of aryl methyl sites for hydroxylation is 1. The summed E-state index contributed by atoms with van der Waals surface area (Å²) in [5.74, 6) is 0.514.